The fourth-order valence-corrected chi connectivity index (χ4v) is 28.8. The molecule has 16 saturated carbocycles. The summed E-state index contributed by atoms with van der Waals surface area (Å²) in [4.78, 5) is 174. The third kappa shape index (κ3) is 40.4. The second-order valence-corrected chi connectivity index (χ2v) is 45.9. The highest BCUT2D eigenvalue weighted by Crippen LogP contribution is 2.59. The fraction of sp³-hybridized carbons (Fsp3) is 0.886. The molecule has 16 aliphatic rings. The number of ketones is 1. The van der Waals surface area contributed by atoms with Crippen LogP contribution in [0.2, 0.25) is 0 Å². The van der Waals surface area contributed by atoms with E-state index in [1.165, 1.54) is 154 Å². The van der Waals surface area contributed by atoms with Gasteiger partial charge in [-0.25, -0.2) is 0 Å². The number of amides is 11. The molecule has 16 aliphatic carbocycles. The van der Waals surface area contributed by atoms with E-state index in [0.29, 0.717) is 216 Å². The zero-order valence-corrected chi connectivity index (χ0v) is 86.8. The summed E-state index contributed by atoms with van der Waals surface area (Å²) >= 11 is 0. The lowest BCUT2D eigenvalue weighted by Gasteiger charge is -2.57. The van der Waals surface area contributed by atoms with E-state index in [1.807, 2.05) is 14.7 Å². The van der Waals surface area contributed by atoms with Crippen LogP contribution in [0.5, 0.6) is 0 Å². The Morgan fingerprint density at radius 3 is 0.514 bits per heavy atom. The molecule has 142 heavy (non-hydrogen) atoms. The molecular weight excluding hydrogens is 1800 g/mol. The number of nitrogens with one attached hydrogen (secondary N) is 15. The average Bonchev–Trinajstić information content (AvgIpc) is 0.766. The van der Waals surface area contributed by atoms with Gasteiger partial charge in [0.15, 0.2) is 0 Å². The van der Waals surface area contributed by atoms with Crippen LogP contribution in [0.3, 0.4) is 0 Å². The minimum absolute atomic E-state index is 0.0409. The van der Waals surface area contributed by atoms with Crippen LogP contribution in [-0.4, -0.2) is 364 Å². The van der Waals surface area contributed by atoms with Gasteiger partial charge in [0, 0.05) is 328 Å². The quantitative estimate of drug-likeness (QED) is 0.0377. The number of carbonyl (C=O) groups excluding carboxylic acids is 12. The normalized spacial score (nSPS) is 26.9. The first-order valence-corrected chi connectivity index (χ1v) is 56.4. The Morgan fingerprint density at radius 1 is 0.176 bits per heavy atom. The third-order valence-corrected chi connectivity index (χ3v) is 34.1. The Morgan fingerprint density at radius 2 is 0.331 bits per heavy atom. The van der Waals surface area contributed by atoms with Crippen molar-refractivity contribution in [1.29, 1.82) is 0 Å². The van der Waals surface area contributed by atoms with E-state index >= 15 is 0 Å². The van der Waals surface area contributed by atoms with Crippen molar-refractivity contribution in [3.05, 3.63) is 0 Å². The first-order chi connectivity index (χ1) is 68.8. The highest BCUT2D eigenvalue weighted by Gasteiger charge is 2.55. The van der Waals surface area contributed by atoms with Crippen LogP contribution in [0.25, 0.3) is 0 Å². The van der Waals surface area contributed by atoms with Crippen molar-refractivity contribution in [2.45, 2.75) is 279 Å². The molecule has 0 aromatic rings. The Bertz CT molecular complexity index is 3300. The van der Waals surface area contributed by atoms with Crippen LogP contribution in [0, 0.1) is 71.0 Å². The maximum Gasteiger partial charge on any atom is 0.221 e. The number of rotatable bonds is 78. The molecule has 0 aromatic carbocycles. The van der Waals surface area contributed by atoms with Gasteiger partial charge in [0.25, 0.3) is 0 Å². The van der Waals surface area contributed by atoms with Gasteiger partial charge in [-0.1, -0.05) is 0 Å². The summed E-state index contributed by atoms with van der Waals surface area (Å²) in [6.45, 7) is 15.6. The molecule has 0 radical (unpaired) electrons. The van der Waals surface area contributed by atoms with E-state index in [4.69, 9.17) is 22.9 Å². The molecule has 0 unspecified atom stereocenters. The van der Waals surface area contributed by atoms with Gasteiger partial charge in [0.2, 0.25) is 65.0 Å². The van der Waals surface area contributed by atoms with Gasteiger partial charge in [0.1, 0.15) is 5.78 Å². The van der Waals surface area contributed by atoms with Crippen molar-refractivity contribution < 1.29 is 57.5 Å². The summed E-state index contributed by atoms with van der Waals surface area (Å²) in [6.07, 6.45) is 35.4. The number of nitrogens with zero attached hydrogens (tertiary/aromatic N) is 6. The van der Waals surface area contributed by atoms with Crippen LogP contribution < -0.4 is 103 Å². The first kappa shape index (κ1) is 114. The summed E-state index contributed by atoms with van der Waals surface area (Å²) in [5.41, 5.74) is 23.7. The Balaban J connectivity index is 0.650. The van der Waals surface area contributed by atoms with Gasteiger partial charge in [-0.05, 0) is 264 Å². The van der Waals surface area contributed by atoms with Crippen molar-refractivity contribution in [3.8, 4) is 0 Å². The predicted molar refractivity (Wildman–Crippen MR) is 552 cm³/mol. The number of hydrogen-bond donors (Lipinski definition) is 19. The molecule has 16 rings (SSSR count). The molecule has 37 nitrogen and oxygen atoms in total. The van der Waals surface area contributed by atoms with Gasteiger partial charge in [-0.15, -0.1) is 0 Å². The van der Waals surface area contributed by atoms with Gasteiger partial charge in [-0.2, -0.15) is 0 Å². The lowest BCUT2D eigenvalue weighted by Crippen LogP contribution is -2.59. The van der Waals surface area contributed by atoms with Crippen LogP contribution in [0.4, 0.5) is 0 Å². The highest BCUT2D eigenvalue weighted by molar-refractivity contribution is 5.81. The van der Waals surface area contributed by atoms with Gasteiger partial charge < -0.3 is 132 Å². The Kier molecular flexibility index (Phi) is 48.2. The van der Waals surface area contributed by atoms with Crippen LogP contribution in [-0.2, 0) is 57.5 Å². The second-order valence-electron chi connectivity index (χ2n) is 45.9. The largest absolute Gasteiger partial charge is 0.355 e. The molecular formula is C105H189N25O12. The minimum Gasteiger partial charge on any atom is -0.355 e. The first-order valence-electron chi connectivity index (χ1n) is 56.4. The molecule has 0 saturated heterocycles. The monoisotopic (exact) mass is 1990 g/mol. The summed E-state index contributed by atoms with van der Waals surface area (Å²) < 4.78 is 0. The van der Waals surface area contributed by atoms with Gasteiger partial charge >= 0.3 is 0 Å². The molecule has 0 aromatic heterocycles. The molecule has 806 valence electrons. The zero-order valence-electron chi connectivity index (χ0n) is 86.8. The highest BCUT2D eigenvalue weighted by atomic mass is 16.2. The molecule has 0 heterocycles. The molecule has 23 N–H and O–H groups in total. The van der Waals surface area contributed by atoms with Crippen molar-refractivity contribution >= 4 is 70.8 Å². The standard InChI is InChI=1S/C105H189N25O12/c106-17-21-110-91(132)6-43-127(44-7-95(136)114-25-29-121-102-66-78-54-79(67-102)56-80(55-78)68-102)38-3-4-90(131)5-39-125(40-8-99(140)118-33-51-128(45-11-92(133)111-22-18-107)48-14-96(137)115-26-30-122-103-69-81-57-82(70-103)59-83(58-81)71-103)36-1-2-37-126(41-9-100(141)119-34-52-129(46-12-93(134)112-23-19-108)49-15-97(138)116-27-31-123-104-72-84-60-85(73-104)62-86(61-84)74-104)42-10-101(142)120-35-53-130(47-13-94(135)113-24-20-109)50-16-98(139)117-28-32-124-105-75-87-63-88(76-105)65-89(64-87)77-105/h78-89,121-124H,1-77,106-109H2,(H,110,132)(H,111,133)(H,112,134)(H,113,135)(H,114,136)(H,115,137)(H,116,138)(H,117,139)(H,118,140)(H,119,141)(H,120,142). The molecule has 37 heteroatoms. The van der Waals surface area contributed by atoms with Crippen LogP contribution in [0.15, 0.2) is 0 Å². The SMILES string of the molecule is NCCNC(=O)CCN(CCCC(=O)CCN(CCCCN(CCC(=O)NCCN(CCC(=O)NCCN)CCC(=O)NCCNC12CC3CC(CC(C3)C1)C2)CCC(=O)NCCN(CCC(=O)NCCN)CCC(=O)NCCNC12CC3CC(CC(C3)C1)C2)CCC(=O)NCCN(CCC(=O)NCCN)CCC(=O)NCCNC12CC3CC(CC(C3)C1)C2)CCC(=O)NCCNC12CC3CC(CC(C3)C1)C2. The molecule has 16 bridgehead atoms. The van der Waals surface area contributed by atoms with E-state index in [9.17, 15) is 57.5 Å². The smallest absolute Gasteiger partial charge is 0.221 e. The second kappa shape index (κ2) is 60.1. The predicted octanol–water partition coefficient (Wildman–Crippen LogP) is 0.956. The molecule has 0 spiro atoms. The van der Waals surface area contributed by atoms with Crippen LogP contribution in [0.1, 0.15) is 257 Å². The summed E-state index contributed by atoms with van der Waals surface area (Å²) in [5, 5.41) is 48.7. The zero-order chi connectivity index (χ0) is 100. The number of Topliss-reactive ketones (excluding diaryl/α,β-unsaturated/α-hetero) is 1. The van der Waals surface area contributed by atoms with Crippen molar-refractivity contribution in [2.24, 2.45) is 93.9 Å². The molecule has 0 aliphatic heterocycles. The fourth-order valence-electron chi connectivity index (χ4n) is 28.8. The number of hydrogen-bond acceptors (Lipinski definition) is 26. The average molecular weight is 1990 g/mol. The third-order valence-electron chi connectivity index (χ3n) is 34.1. The van der Waals surface area contributed by atoms with E-state index in [1.54, 1.807) is 0 Å². The summed E-state index contributed by atoms with van der Waals surface area (Å²) in [7, 11) is 0. The maximum absolute atomic E-state index is 14.2. The number of unbranched alkanes of at least 4 members (excludes halogenated alkanes) is 1. The Labute approximate surface area is 848 Å². The van der Waals surface area contributed by atoms with Crippen molar-refractivity contribution in [1.82, 2.24) is 109 Å². The number of carbonyl (C=O) groups is 12. The minimum atomic E-state index is -0.203. The van der Waals surface area contributed by atoms with Gasteiger partial charge in [0.05, 0.1) is 0 Å². The molecule has 0 atom stereocenters. The lowest BCUT2D eigenvalue weighted by molar-refractivity contribution is -0.123. The van der Waals surface area contributed by atoms with E-state index in [-0.39, 0.29) is 196 Å². The molecule has 11 amide bonds. The Hall–Kier alpha value is -6.72. The van der Waals surface area contributed by atoms with E-state index < -0.39 is 0 Å². The summed E-state index contributed by atoms with van der Waals surface area (Å²) in [6, 6.07) is 0. The van der Waals surface area contributed by atoms with Gasteiger partial charge in [-0.3, -0.25) is 57.5 Å². The molecule has 16 fully saturated rings. The maximum atomic E-state index is 14.2. The van der Waals surface area contributed by atoms with E-state index in [0.717, 1.165) is 97.2 Å². The van der Waals surface area contributed by atoms with E-state index in [2.05, 4.69) is 94.5 Å². The lowest BCUT2D eigenvalue weighted by atomic mass is 9.53. The van der Waals surface area contributed by atoms with Crippen molar-refractivity contribution in [3.63, 3.8) is 0 Å². The number of nitrogens with two attached hydrogens (primary N) is 4. The topological polar surface area (TPSA) is 509 Å². The van der Waals surface area contributed by atoms with Crippen LogP contribution >= 0.6 is 0 Å². The summed E-state index contributed by atoms with van der Waals surface area (Å²) in [5.74, 6) is 8.39. The van der Waals surface area contributed by atoms with Crippen molar-refractivity contribution in [2.75, 3.05) is 242 Å².